The number of nitrogens with one attached hydrogen (secondary N) is 1. The SMILES string of the molecule is CCC(Oc1ccc2c(c1)CCCC2)C(=O)NCc1nc(CSC)no1. The number of ether oxygens (including phenoxy) is 1. The number of hydrogen-bond acceptors (Lipinski definition) is 6. The molecule has 0 spiro atoms. The van der Waals surface area contributed by atoms with Crippen LogP contribution in [0.5, 0.6) is 5.75 Å². The number of amides is 1. The minimum atomic E-state index is -0.537. The van der Waals surface area contributed by atoms with Gasteiger partial charge in [0.1, 0.15) is 5.75 Å². The highest BCUT2D eigenvalue weighted by atomic mass is 32.2. The van der Waals surface area contributed by atoms with E-state index >= 15 is 0 Å². The molecule has 1 aliphatic carbocycles. The molecule has 1 N–H and O–H groups in total. The van der Waals surface area contributed by atoms with E-state index < -0.39 is 6.10 Å². The van der Waals surface area contributed by atoms with Crippen molar-refractivity contribution >= 4 is 17.7 Å². The van der Waals surface area contributed by atoms with Gasteiger partial charge in [-0.1, -0.05) is 18.1 Å². The molecular formula is C19H25N3O3S. The monoisotopic (exact) mass is 375 g/mol. The van der Waals surface area contributed by atoms with E-state index in [-0.39, 0.29) is 12.5 Å². The molecule has 7 heteroatoms. The smallest absolute Gasteiger partial charge is 0.261 e. The average Bonchev–Trinajstić information content (AvgIpc) is 3.12. The van der Waals surface area contributed by atoms with Crippen LogP contribution in [-0.2, 0) is 29.9 Å². The molecule has 1 amide bonds. The molecule has 140 valence electrons. The molecule has 1 heterocycles. The third-order valence-corrected chi connectivity index (χ3v) is 5.01. The van der Waals surface area contributed by atoms with Crippen molar-refractivity contribution in [2.75, 3.05) is 6.26 Å². The van der Waals surface area contributed by atoms with E-state index in [9.17, 15) is 4.79 Å². The number of benzene rings is 1. The predicted molar refractivity (Wildman–Crippen MR) is 101 cm³/mol. The Bertz CT molecular complexity index is 747. The van der Waals surface area contributed by atoms with Crippen molar-refractivity contribution in [3.8, 4) is 5.75 Å². The zero-order valence-electron chi connectivity index (χ0n) is 15.3. The fourth-order valence-electron chi connectivity index (χ4n) is 3.10. The van der Waals surface area contributed by atoms with E-state index in [0.29, 0.717) is 23.9 Å². The normalized spacial score (nSPS) is 14.5. The number of thioether (sulfide) groups is 1. The van der Waals surface area contributed by atoms with Crippen molar-refractivity contribution in [3.05, 3.63) is 41.0 Å². The number of nitrogens with zero attached hydrogens (tertiary/aromatic N) is 2. The molecule has 0 fully saturated rings. The Balaban J connectivity index is 1.56. The quantitative estimate of drug-likeness (QED) is 0.763. The molecule has 1 aromatic heterocycles. The average molecular weight is 375 g/mol. The van der Waals surface area contributed by atoms with Gasteiger partial charge in [-0.3, -0.25) is 4.79 Å². The number of carbonyl (C=O) groups excluding carboxylic acids is 1. The Labute approximate surface area is 158 Å². The van der Waals surface area contributed by atoms with Gasteiger partial charge in [0, 0.05) is 0 Å². The van der Waals surface area contributed by atoms with Crippen LogP contribution in [-0.4, -0.2) is 28.4 Å². The Kier molecular flexibility index (Phi) is 6.55. The van der Waals surface area contributed by atoms with E-state index in [1.54, 1.807) is 11.8 Å². The van der Waals surface area contributed by atoms with E-state index in [2.05, 4.69) is 27.6 Å². The number of carbonyl (C=O) groups is 1. The molecule has 0 radical (unpaired) electrons. The largest absolute Gasteiger partial charge is 0.481 e. The van der Waals surface area contributed by atoms with E-state index in [1.807, 2.05) is 19.2 Å². The molecule has 0 saturated heterocycles. The standard InChI is InChI=1S/C19H25N3O3S/c1-3-16(19(23)20-11-18-21-17(12-26-2)22-25-18)24-15-9-8-13-6-4-5-7-14(13)10-15/h8-10,16H,3-7,11-12H2,1-2H3,(H,20,23). The van der Waals surface area contributed by atoms with Gasteiger partial charge in [-0.2, -0.15) is 16.7 Å². The molecule has 26 heavy (non-hydrogen) atoms. The molecule has 3 rings (SSSR count). The van der Waals surface area contributed by atoms with Crippen molar-refractivity contribution in [1.82, 2.24) is 15.5 Å². The highest BCUT2D eigenvalue weighted by Gasteiger charge is 2.20. The van der Waals surface area contributed by atoms with Crippen molar-refractivity contribution in [1.29, 1.82) is 0 Å². The lowest BCUT2D eigenvalue weighted by Crippen LogP contribution is -2.37. The second-order valence-electron chi connectivity index (χ2n) is 6.41. The molecule has 0 saturated carbocycles. The van der Waals surface area contributed by atoms with Crippen molar-refractivity contribution < 1.29 is 14.1 Å². The first-order valence-corrected chi connectivity index (χ1v) is 10.5. The first-order valence-electron chi connectivity index (χ1n) is 9.06. The molecule has 1 aliphatic rings. The third kappa shape index (κ3) is 4.78. The summed E-state index contributed by atoms with van der Waals surface area (Å²) in [5.41, 5.74) is 2.75. The molecule has 0 aliphatic heterocycles. The zero-order valence-corrected chi connectivity index (χ0v) is 16.1. The van der Waals surface area contributed by atoms with Crippen LogP contribution in [0.3, 0.4) is 0 Å². The van der Waals surface area contributed by atoms with Crippen LogP contribution in [0.1, 0.15) is 49.0 Å². The zero-order chi connectivity index (χ0) is 18.4. The topological polar surface area (TPSA) is 77.2 Å². The van der Waals surface area contributed by atoms with Gasteiger partial charge in [0.15, 0.2) is 11.9 Å². The maximum atomic E-state index is 12.4. The molecule has 0 bridgehead atoms. The van der Waals surface area contributed by atoms with Crippen molar-refractivity contribution in [2.45, 2.75) is 57.4 Å². The van der Waals surface area contributed by atoms with Crippen molar-refractivity contribution in [3.63, 3.8) is 0 Å². The summed E-state index contributed by atoms with van der Waals surface area (Å²) < 4.78 is 11.1. The van der Waals surface area contributed by atoms with Gasteiger partial charge < -0.3 is 14.6 Å². The lowest BCUT2D eigenvalue weighted by Gasteiger charge is -2.20. The van der Waals surface area contributed by atoms with Crippen LogP contribution in [0.15, 0.2) is 22.7 Å². The summed E-state index contributed by atoms with van der Waals surface area (Å²) >= 11 is 1.62. The van der Waals surface area contributed by atoms with Crippen LogP contribution in [0, 0.1) is 0 Å². The Morgan fingerprint density at radius 3 is 2.92 bits per heavy atom. The van der Waals surface area contributed by atoms with Gasteiger partial charge in [-0.15, -0.1) is 0 Å². The van der Waals surface area contributed by atoms with Crippen molar-refractivity contribution in [2.24, 2.45) is 0 Å². The first-order chi connectivity index (χ1) is 12.7. The second-order valence-corrected chi connectivity index (χ2v) is 7.27. The van der Waals surface area contributed by atoms with Crippen LogP contribution in [0.4, 0.5) is 0 Å². The third-order valence-electron chi connectivity index (χ3n) is 4.46. The molecule has 1 atom stereocenters. The number of hydrogen-bond donors (Lipinski definition) is 1. The minimum Gasteiger partial charge on any atom is -0.481 e. The highest BCUT2D eigenvalue weighted by molar-refractivity contribution is 7.97. The number of aryl methyl sites for hydroxylation is 2. The summed E-state index contributed by atoms with van der Waals surface area (Å²) in [5.74, 6) is 2.32. The van der Waals surface area contributed by atoms with Gasteiger partial charge in [-0.25, -0.2) is 0 Å². The van der Waals surface area contributed by atoms with Crippen LogP contribution >= 0.6 is 11.8 Å². The number of rotatable bonds is 8. The van der Waals surface area contributed by atoms with Gasteiger partial charge in [-0.05, 0) is 61.6 Å². The van der Waals surface area contributed by atoms with Gasteiger partial charge in [0.25, 0.3) is 5.91 Å². The second kappa shape index (κ2) is 9.07. The van der Waals surface area contributed by atoms with Crippen LogP contribution in [0.25, 0.3) is 0 Å². The van der Waals surface area contributed by atoms with E-state index in [0.717, 1.165) is 18.6 Å². The summed E-state index contributed by atoms with van der Waals surface area (Å²) in [7, 11) is 0. The molecule has 6 nitrogen and oxygen atoms in total. The van der Waals surface area contributed by atoms with Gasteiger partial charge in [0.2, 0.25) is 5.89 Å². The summed E-state index contributed by atoms with van der Waals surface area (Å²) in [6, 6.07) is 6.17. The summed E-state index contributed by atoms with van der Waals surface area (Å²) in [6.07, 6.45) is 6.72. The highest BCUT2D eigenvalue weighted by Crippen LogP contribution is 2.26. The first kappa shape index (κ1) is 18.8. The fraction of sp³-hybridized carbons (Fsp3) is 0.526. The van der Waals surface area contributed by atoms with Gasteiger partial charge >= 0.3 is 0 Å². The summed E-state index contributed by atoms with van der Waals surface area (Å²) in [6.45, 7) is 2.15. The Morgan fingerprint density at radius 1 is 1.35 bits per heavy atom. The fourth-order valence-corrected chi connectivity index (χ4v) is 3.47. The maximum Gasteiger partial charge on any atom is 0.261 e. The maximum absolute atomic E-state index is 12.4. The van der Waals surface area contributed by atoms with Crippen LogP contribution < -0.4 is 10.1 Å². The lowest BCUT2D eigenvalue weighted by atomic mass is 9.92. The Morgan fingerprint density at radius 2 is 2.15 bits per heavy atom. The van der Waals surface area contributed by atoms with E-state index in [4.69, 9.17) is 9.26 Å². The van der Waals surface area contributed by atoms with Gasteiger partial charge in [0.05, 0.1) is 12.3 Å². The minimum absolute atomic E-state index is 0.171. The summed E-state index contributed by atoms with van der Waals surface area (Å²) in [5, 5.41) is 6.69. The van der Waals surface area contributed by atoms with E-state index in [1.165, 1.54) is 24.0 Å². The predicted octanol–water partition coefficient (Wildman–Crippen LogP) is 3.29. The molecule has 1 aromatic carbocycles. The Hall–Kier alpha value is -2.02. The number of fused-ring (bicyclic) bond motifs is 1. The van der Waals surface area contributed by atoms with Crippen LogP contribution in [0.2, 0.25) is 0 Å². The lowest BCUT2D eigenvalue weighted by molar-refractivity contribution is -0.128. The molecule has 1 unspecified atom stereocenters. The summed E-state index contributed by atoms with van der Waals surface area (Å²) in [4.78, 5) is 16.7. The molecular weight excluding hydrogens is 350 g/mol. The molecule has 2 aromatic rings. The number of aromatic nitrogens is 2.